The number of nitrogens with zero attached hydrogens (tertiary/aromatic N) is 1. The van der Waals surface area contributed by atoms with Crippen LogP contribution in [0, 0.1) is 6.92 Å². The van der Waals surface area contributed by atoms with Crippen LogP contribution in [-0.4, -0.2) is 4.57 Å². The average Bonchev–Trinajstić information content (AvgIpc) is 2.63. The molecule has 100 valence electrons. The first-order valence-corrected chi connectivity index (χ1v) is 6.52. The van der Waals surface area contributed by atoms with Gasteiger partial charge in [0.05, 0.1) is 0 Å². The highest BCUT2D eigenvalue weighted by Crippen LogP contribution is 2.31. The largest absolute Gasteiger partial charge is 0.347 e. The summed E-state index contributed by atoms with van der Waals surface area (Å²) in [6, 6.07) is 0. The van der Waals surface area contributed by atoms with Crippen LogP contribution in [0.25, 0.3) is 17.7 Å². The van der Waals surface area contributed by atoms with E-state index >= 15 is 0 Å². The van der Waals surface area contributed by atoms with Crippen molar-refractivity contribution in [3.05, 3.63) is 66.1 Å². The van der Waals surface area contributed by atoms with Gasteiger partial charge in [0.25, 0.3) is 0 Å². The van der Waals surface area contributed by atoms with Crippen molar-refractivity contribution in [3.63, 3.8) is 0 Å². The van der Waals surface area contributed by atoms with Gasteiger partial charge in [-0.05, 0) is 32.4 Å². The zero-order chi connectivity index (χ0) is 14.4. The van der Waals surface area contributed by atoms with Gasteiger partial charge in [0.2, 0.25) is 0 Å². The molecule has 0 aliphatic carbocycles. The molecule has 1 heterocycles. The van der Waals surface area contributed by atoms with Crippen LogP contribution in [0.2, 0.25) is 0 Å². The van der Waals surface area contributed by atoms with Crippen molar-refractivity contribution >= 4 is 17.7 Å². The van der Waals surface area contributed by atoms with E-state index in [1.807, 2.05) is 26.0 Å². The molecule has 0 saturated heterocycles. The van der Waals surface area contributed by atoms with E-state index in [-0.39, 0.29) is 0 Å². The molecule has 0 unspecified atom stereocenters. The van der Waals surface area contributed by atoms with Crippen LogP contribution >= 0.6 is 0 Å². The van der Waals surface area contributed by atoms with Crippen LogP contribution in [0.3, 0.4) is 0 Å². The van der Waals surface area contributed by atoms with Gasteiger partial charge in [-0.3, -0.25) is 0 Å². The molecule has 0 bridgehead atoms. The second kappa shape index (κ2) is 6.79. The molecule has 0 amide bonds. The van der Waals surface area contributed by atoms with Crippen LogP contribution < -0.4 is 0 Å². The van der Waals surface area contributed by atoms with Gasteiger partial charge in [-0.2, -0.15) is 0 Å². The molecule has 0 saturated carbocycles. The van der Waals surface area contributed by atoms with Gasteiger partial charge in [-0.15, -0.1) is 0 Å². The van der Waals surface area contributed by atoms with E-state index in [0.717, 1.165) is 5.57 Å². The van der Waals surface area contributed by atoms with Crippen LogP contribution in [0.4, 0.5) is 0 Å². The molecule has 1 nitrogen and oxygen atoms in total. The molecule has 1 heteroatoms. The second-order valence-corrected chi connectivity index (χ2v) is 4.38. The molecule has 0 radical (unpaired) electrons. The number of aromatic nitrogens is 1. The van der Waals surface area contributed by atoms with Gasteiger partial charge < -0.3 is 4.57 Å². The highest BCUT2D eigenvalue weighted by Gasteiger charge is 2.16. The lowest BCUT2D eigenvalue weighted by Gasteiger charge is -2.05. The van der Waals surface area contributed by atoms with Gasteiger partial charge in [0.15, 0.2) is 0 Å². The van der Waals surface area contributed by atoms with E-state index < -0.39 is 0 Å². The number of allylic oxidation sites excluding steroid dienone is 6. The SMILES string of the molecule is C=C/C=C(\C=C)c1c(/C=C/C)c(C)n(C)c1/C=C\C. The minimum atomic E-state index is 1.10. The Morgan fingerprint density at radius 2 is 1.74 bits per heavy atom. The monoisotopic (exact) mass is 253 g/mol. The zero-order valence-corrected chi connectivity index (χ0v) is 12.4. The summed E-state index contributed by atoms with van der Waals surface area (Å²) >= 11 is 0. The Labute approximate surface area is 117 Å². The fraction of sp³-hybridized carbons (Fsp3) is 0.222. The van der Waals surface area contributed by atoms with E-state index in [1.165, 1.54) is 22.5 Å². The summed E-state index contributed by atoms with van der Waals surface area (Å²) in [5, 5.41) is 0. The molecule has 0 aliphatic heterocycles. The highest BCUT2D eigenvalue weighted by molar-refractivity contribution is 5.86. The fourth-order valence-corrected chi connectivity index (χ4v) is 2.26. The molecule has 19 heavy (non-hydrogen) atoms. The predicted molar refractivity (Wildman–Crippen MR) is 87.9 cm³/mol. The maximum atomic E-state index is 3.92. The van der Waals surface area contributed by atoms with Crippen molar-refractivity contribution in [3.8, 4) is 0 Å². The molecule has 0 fully saturated rings. The zero-order valence-electron chi connectivity index (χ0n) is 12.4. The van der Waals surface area contributed by atoms with Crippen LogP contribution in [0.5, 0.6) is 0 Å². The second-order valence-electron chi connectivity index (χ2n) is 4.38. The van der Waals surface area contributed by atoms with Gasteiger partial charge in [0, 0.05) is 29.6 Å². The van der Waals surface area contributed by atoms with Gasteiger partial charge >= 0.3 is 0 Å². The maximum Gasteiger partial charge on any atom is 0.0488 e. The topological polar surface area (TPSA) is 4.93 Å². The molecule has 1 aromatic rings. The Hall–Kier alpha value is -2.02. The first-order valence-electron chi connectivity index (χ1n) is 6.52. The Kier molecular flexibility index (Phi) is 5.37. The van der Waals surface area contributed by atoms with Crippen LogP contribution in [0.1, 0.15) is 36.4 Å². The smallest absolute Gasteiger partial charge is 0.0488 e. The summed E-state index contributed by atoms with van der Waals surface area (Å²) in [6.45, 7) is 13.9. The third kappa shape index (κ3) is 2.87. The molecule has 1 rings (SSSR count). The number of hydrogen-bond acceptors (Lipinski definition) is 0. The molecule has 0 N–H and O–H groups in total. The first-order chi connectivity index (χ1) is 9.12. The average molecular weight is 253 g/mol. The quantitative estimate of drug-likeness (QED) is 0.639. The van der Waals surface area contributed by atoms with Crippen LogP contribution in [-0.2, 0) is 7.05 Å². The lowest BCUT2D eigenvalue weighted by Crippen LogP contribution is -1.94. The van der Waals surface area contributed by atoms with E-state index in [0.29, 0.717) is 0 Å². The van der Waals surface area contributed by atoms with Crippen molar-refractivity contribution in [1.82, 2.24) is 4.57 Å². The van der Waals surface area contributed by atoms with Gasteiger partial charge in [-0.1, -0.05) is 49.6 Å². The standard InChI is InChI=1S/C18H23N/c1-7-11-15(10-4)18-16(12-8-2)14(5)19(6)17(18)13-9-3/h7-13H,1,4H2,2-3,5-6H3/b12-8+,13-9-,15-11+. The van der Waals surface area contributed by atoms with Crippen molar-refractivity contribution in [2.75, 3.05) is 0 Å². The Balaban J connectivity index is 3.75. The van der Waals surface area contributed by atoms with Gasteiger partial charge in [-0.25, -0.2) is 0 Å². The van der Waals surface area contributed by atoms with Crippen LogP contribution in [0.15, 0.2) is 43.5 Å². The number of hydrogen-bond donors (Lipinski definition) is 0. The van der Waals surface area contributed by atoms with Crippen molar-refractivity contribution in [2.24, 2.45) is 7.05 Å². The highest BCUT2D eigenvalue weighted by atomic mass is 15.0. The Bertz CT molecular complexity index is 528. The lowest BCUT2D eigenvalue weighted by atomic mass is 9.99. The molecular formula is C18H23N. The van der Waals surface area contributed by atoms with Crippen molar-refractivity contribution in [2.45, 2.75) is 20.8 Å². The fourth-order valence-electron chi connectivity index (χ4n) is 2.26. The molecule has 0 spiro atoms. The summed E-state index contributed by atoms with van der Waals surface area (Å²) in [6.07, 6.45) is 14.1. The molecule has 1 aromatic heterocycles. The summed E-state index contributed by atoms with van der Waals surface area (Å²) < 4.78 is 2.21. The lowest BCUT2D eigenvalue weighted by molar-refractivity contribution is 0.869. The minimum absolute atomic E-state index is 1.10. The minimum Gasteiger partial charge on any atom is -0.347 e. The normalized spacial score (nSPS) is 12.5. The Morgan fingerprint density at radius 1 is 1.11 bits per heavy atom. The summed E-state index contributed by atoms with van der Waals surface area (Å²) in [7, 11) is 2.09. The van der Waals surface area contributed by atoms with Gasteiger partial charge in [0.1, 0.15) is 0 Å². The van der Waals surface area contributed by atoms with E-state index in [9.17, 15) is 0 Å². The molecular weight excluding hydrogens is 230 g/mol. The third-order valence-corrected chi connectivity index (χ3v) is 3.24. The third-order valence-electron chi connectivity index (χ3n) is 3.24. The predicted octanol–water partition coefficient (Wildman–Crippen LogP) is 5.16. The van der Waals surface area contributed by atoms with E-state index in [1.54, 1.807) is 6.08 Å². The molecule has 0 aromatic carbocycles. The number of rotatable bonds is 5. The van der Waals surface area contributed by atoms with E-state index in [4.69, 9.17) is 0 Å². The summed E-state index contributed by atoms with van der Waals surface area (Å²) in [5.74, 6) is 0. The molecule has 0 aliphatic rings. The summed E-state index contributed by atoms with van der Waals surface area (Å²) in [5.41, 5.74) is 6.00. The summed E-state index contributed by atoms with van der Waals surface area (Å²) in [4.78, 5) is 0. The molecule has 0 atom stereocenters. The van der Waals surface area contributed by atoms with E-state index in [2.05, 4.69) is 56.0 Å². The van der Waals surface area contributed by atoms with Crippen molar-refractivity contribution < 1.29 is 0 Å². The van der Waals surface area contributed by atoms with Crippen molar-refractivity contribution in [1.29, 1.82) is 0 Å². The maximum absolute atomic E-state index is 3.92. The first kappa shape index (κ1) is 15.0. The Morgan fingerprint density at radius 3 is 2.21 bits per heavy atom.